The van der Waals surface area contributed by atoms with Gasteiger partial charge in [0.2, 0.25) is 5.79 Å². The highest BCUT2D eigenvalue weighted by atomic mass is 16.6. The largest absolute Gasteiger partial charge is 0.480 e. The number of nitrogens with zero attached hydrogens (tertiary/aromatic N) is 1. The van der Waals surface area contributed by atoms with Crippen molar-refractivity contribution in [2.75, 3.05) is 6.54 Å². The zero-order valence-electron chi connectivity index (χ0n) is 15.4. The van der Waals surface area contributed by atoms with E-state index in [0.717, 1.165) is 4.90 Å². The molecule has 2 saturated heterocycles. The standard InChI is InChI=1S/C18H29NO6/c1-10(2)14-11(3)9-12(4)18(24,25-14)15(20)16(21)19-8-6-5-7-13(19)17(22)23/h10-14,24H,5-9H2,1-4H3,(H,22,23). The number of ether oxygens (including phenoxy) is 1. The second-order valence-electron chi connectivity index (χ2n) is 7.81. The van der Waals surface area contributed by atoms with Crippen LogP contribution in [0.1, 0.15) is 53.4 Å². The molecule has 5 atom stereocenters. The highest BCUT2D eigenvalue weighted by Crippen LogP contribution is 2.39. The maximum Gasteiger partial charge on any atom is 0.326 e. The number of carboxylic acids is 1. The van der Waals surface area contributed by atoms with Crippen LogP contribution in [0.15, 0.2) is 0 Å². The first kappa shape index (κ1) is 19.8. The third-order valence-electron chi connectivity index (χ3n) is 5.50. The maximum absolute atomic E-state index is 12.8. The van der Waals surface area contributed by atoms with Crippen LogP contribution in [0.4, 0.5) is 0 Å². The molecule has 25 heavy (non-hydrogen) atoms. The van der Waals surface area contributed by atoms with E-state index in [9.17, 15) is 24.6 Å². The molecule has 2 heterocycles. The molecule has 2 aliphatic heterocycles. The first-order chi connectivity index (χ1) is 11.6. The van der Waals surface area contributed by atoms with Crippen molar-refractivity contribution in [3.8, 4) is 0 Å². The van der Waals surface area contributed by atoms with Crippen molar-refractivity contribution in [1.82, 2.24) is 4.90 Å². The van der Waals surface area contributed by atoms with Gasteiger partial charge in [0, 0.05) is 12.5 Å². The van der Waals surface area contributed by atoms with Crippen molar-refractivity contribution in [1.29, 1.82) is 0 Å². The predicted octanol–water partition coefficient (Wildman–Crippen LogP) is 1.43. The molecule has 2 N–H and O–H groups in total. The highest BCUT2D eigenvalue weighted by Gasteiger charge is 2.54. The van der Waals surface area contributed by atoms with Gasteiger partial charge in [-0.3, -0.25) is 9.59 Å². The van der Waals surface area contributed by atoms with Crippen molar-refractivity contribution in [3.05, 3.63) is 0 Å². The number of carbonyl (C=O) groups is 3. The summed E-state index contributed by atoms with van der Waals surface area (Å²) < 4.78 is 5.74. The van der Waals surface area contributed by atoms with Crippen LogP contribution in [-0.2, 0) is 19.1 Å². The topological polar surface area (TPSA) is 104 Å². The third kappa shape index (κ3) is 3.72. The van der Waals surface area contributed by atoms with E-state index < -0.39 is 35.4 Å². The molecule has 7 heteroatoms. The van der Waals surface area contributed by atoms with E-state index in [1.165, 1.54) is 0 Å². The van der Waals surface area contributed by atoms with Gasteiger partial charge < -0.3 is 19.8 Å². The fraction of sp³-hybridized carbons (Fsp3) is 0.833. The number of hydrogen-bond donors (Lipinski definition) is 2. The van der Waals surface area contributed by atoms with Crippen LogP contribution in [0.3, 0.4) is 0 Å². The van der Waals surface area contributed by atoms with Gasteiger partial charge in [-0.05, 0) is 37.5 Å². The Morgan fingerprint density at radius 1 is 1.20 bits per heavy atom. The number of carbonyl (C=O) groups excluding carboxylic acids is 2. The fourth-order valence-corrected chi connectivity index (χ4v) is 4.08. The van der Waals surface area contributed by atoms with Crippen molar-refractivity contribution >= 4 is 17.7 Å². The maximum atomic E-state index is 12.8. The molecule has 0 saturated carbocycles. The molecule has 0 bridgehead atoms. The quantitative estimate of drug-likeness (QED) is 0.739. The average Bonchev–Trinajstić information content (AvgIpc) is 2.56. The van der Waals surface area contributed by atoms with Crippen LogP contribution in [0.2, 0.25) is 0 Å². The van der Waals surface area contributed by atoms with Crippen molar-refractivity contribution in [2.24, 2.45) is 17.8 Å². The van der Waals surface area contributed by atoms with Gasteiger partial charge in [-0.25, -0.2) is 4.79 Å². The van der Waals surface area contributed by atoms with E-state index in [4.69, 9.17) is 4.74 Å². The molecule has 7 nitrogen and oxygen atoms in total. The molecule has 1 amide bonds. The van der Waals surface area contributed by atoms with Gasteiger partial charge in [0.15, 0.2) is 0 Å². The van der Waals surface area contributed by atoms with Gasteiger partial charge in [0.25, 0.3) is 11.7 Å². The lowest BCUT2D eigenvalue weighted by Gasteiger charge is -2.45. The molecule has 142 valence electrons. The number of piperidine rings is 1. The number of carboxylic acid groups (broad SMARTS) is 1. The molecule has 0 radical (unpaired) electrons. The van der Waals surface area contributed by atoms with Crippen LogP contribution in [0.5, 0.6) is 0 Å². The average molecular weight is 355 g/mol. The Bertz CT molecular complexity index is 548. The Labute approximate surface area is 148 Å². The van der Waals surface area contributed by atoms with E-state index in [1.807, 2.05) is 20.8 Å². The predicted molar refractivity (Wildman–Crippen MR) is 89.6 cm³/mol. The lowest BCUT2D eigenvalue weighted by Crippen LogP contribution is -2.62. The number of likely N-dealkylation sites (tertiary alicyclic amines) is 1. The number of aliphatic carboxylic acids is 1. The van der Waals surface area contributed by atoms with Crippen LogP contribution < -0.4 is 0 Å². The molecule has 2 rings (SSSR count). The minimum Gasteiger partial charge on any atom is -0.480 e. The van der Waals surface area contributed by atoms with E-state index in [0.29, 0.717) is 25.7 Å². The minimum atomic E-state index is -2.20. The van der Waals surface area contributed by atoms with Gasteiger partial charge in [-0.2, -0.15) is 0 Å². The monoisotopic (exact) mass is 355 g/mol. The van der Waals surface area contributed by atoms with Crippen molar-refractivity contribution in [2.45, 2.75) is 71.3 Å². The molecular formula is C18H29NO6. The molecule has 5 unspecified atom stereocenters. The smallest absolute Gasteiger partial charge is 0.326 e. The van der Waals surface area contributed by atoms with Crippen molar-refractivity contribution < 1.29 is 29.3 Å². The second kappa shape index (κ2) is 7.41. The number of rotatable bonds is 4. The summed E-state index contributed by atoms with van der Waals surface area (Å²) in [4.78, 5) is 38.0. The summed E-state index contributed by atoms with van der Waals surface area (Å²) in [7, 11) is 0. The summed E-state index contributed by atoms with van der Waals surface area (Å²) in [5.74, 6) is -5.64. The summed E-state index contributed by atoms with van der Waals surface area (Å²) in [6.07, 6.45) is 1.87. The minimum absolute atomic E-state index is 0.0821. The zero-order chi connectivity index (χ0) is 18.9. The molecular weight excluding hydrogens is 326 g/mol. The van der Waals surface area contributed by atoms with Crippen LogP contribution in [-0.4, -0.2) is 57.3 Å². The second-order valence-corrected chi connectivity index (χ2v) is 7.81. The first-order valence-corrected chi connectivity index (χ1v) is 9.08. The number of hydrogen-bond acceptors (Lipinski definition) is 5. The van der Waals surface area contributed by atoms with E-state index in [2.05, 4.69) is 0 Å². The Kier molecular flexibility index (Phi) is 5.89. The number of ketones is 1. The molecule has 0 aliphatic carbocycles. The molecule has 2 aliphatic rings. The molecule has 0 spiro atoms. The Balaban J connectivity index is 2.24. The lowest BCUT2D eigenvalue weighted by atomic mass is 9.78. The Morgan fingerprint density at radius 3 is 2.40 bits per heavy atom. The molecule has 0 aromatic carbocycles. The molecule has 0 aromatic rings. The van der Waals surface area contributed by atoms with Crippen LogP contribution in [0.25, 0.3) is 0 Å². The Morgan fingerprint density at radius 2 is 1.84 bits per heavy atom. The van der Waals surface area contributed by atoms with Gasteiger partial charge in [-0.15, -0.1) is 0 Å². The summed E-state index contributed by atoms with van der Waals surface area (Å²) in [5, 5.41) is 20.2. The highest BCUT2D eigenvalue weighted by molar-refractivity contribution is 6.39. The number of Topliss-reactive ketones (excluding diaryl/α,β-unsaturated/α-hetero) is 1. The van der Waals surface area contributed by atoms with E-state index >= 15 is 0 Å². The van der Waals surface area contributed by atoms with Crippen LogP contribution >= 0.6 is 0 Å². The number of aliphatic hydroxyl groups is 1. The van der Waals surface area contributed by atoms with Crippen LogP contribution in [0, 0.1) is 17.8 Å². The summed E-state index contributed by atoms with van der Waals surface area (Å²) in [5.41, 5.74) is 0. The third-order valence-corrected chi connectivity index (χ3v) is 5.50. The van der Waals surface area contributed by atoms with E-state index in [1.54, 1.807) is 6.92 Å². The normalized spacial score (nSPS) is 36.3. The van der Waals surface area contributed by atoms with E-state index in [-0.39, 0.29) is 24.5 Å². The first-order valence-electron chi connectivity index (χ1n) is 9.08. The van der Waals surface area contributed by atoms with Gasteiger partial charge >= 0.3 is 5.97 Å². The SMILES string of the molecule is CC(C)C1OC(O)(C(=O)C(=O)N2CCCCC2C(=O)O)C(C)CC1C. The van der Waals surface area contributed by atoms with Gasteiger partial charge in [0.1, 0.15) is 6.04 Å². The van der Waals surface area contributed by atoms with Gasteiger partial charge in [-0.1, -0.05) is 27.7 Å². The fourth-order valence-electron chi connectivity index (χ4n) is 4.08. The Hall–Kier alpha value is -1.47. The molecule has 2 fully saturated rings. The summed E-state index contributed by atoms with van der Waals surface area (Å²) >= 11 is 0. The summed E-state index contributed by atoms with van der Waals surface area (Å²) in [6.45, 7) is 7.77. The number of amides is 1. The zero-order valence-corrected chi connectivity index (χ0v) is 15.4. The molecule has 0 aromatic heterocycles. The van der Waals surface area contributed by atoms with Gasteiger partial charge in [0.05, 0.1) is 6.10 Å². The van der Waals surface area contributed by atoms with Crippen molar-refractivity contribution in [3.63, 3.8) is 0 Å². The lowest BCUT2D eigenvalue weighted by molar-refractivity contribution is -0.280. The summed E-state index contributed by atoms with van der Waals surface area (Å²) in [6, 6.07) is -1.02.